The maximum absolute atomic E-state index is 11.6. The van der Waals surface area contributed by atoms with Crippen LogP contribution in [0.15, 0.2) is 12.2 Å². The van der Waals surface area contributed by atoms with E-state index in [0.717, 1.165) is 12.2 Å². The van der Waals surface area contributed by atoms with E-state index in [1.54, 1.807) is 20.8 Å². The minimum absolute atomic E-state index is 0.462. The summed E-state index contributed by atoms with van der Waals surface area (Å²) in [5, 5.41) is 11.6. The van der Waals surface area contributed by atoms with Crippen molar-refractivity contribution in [1.29, 1.82) is 0 Å². The molecule has 0 bridgehead atoms. The van der Waals surface area contributed by atoms with Gasteiger partial charge in [-0.2, -0.15) is 0 Å². The van der Waals surface area contributed by atoms with E-state index in [2.05, 4.69) is 5.32 Å². The lowest BCUT2D eigenvalue weighted by atomic mass is 10.00. The molecule has 0 radical (unpaired) electrons. The number of rotatable bonds is 4. The standard InChI is InChI=1S/C13H18N2O6/c1-12(2,3)21-11(20)14-7-13(4,10(18)19)15-8(16)5-6-9(15)17/h5-6H,7H2,1-4H3,(H,14,20)(H,18,19). The third kappa shape index (κ3) is 3.80. The summed E-state index contributed by atoms with van der Waals surface area (Å²) in [5.74, 6) is -2.89. The van der Waals surface area contributed by atoms with Crippen LogP contribution in [0.1, 0.15) is 27.7 Å². The van der Waals surface area contributed by atoms with E-state index in [4.69, 9.17) is 4.74 Å². The van der Waals surface area contributed by atoms with E-state index in [-0.39, 0.29) is 0 Å². The summed E-state index contributed by atoms with van der Waals surface area (Å²) >= 11 is 0. The molecule has 116 valence electrons. The fourth-order valence-corrected chi connectivity index (χ4v) is 1.70. The molecule has 0 fully saturated rings. The predicted octanol–water partition coefficient (Wildman–Crippen LogP) is 0.279. The Bertz CT molecular complexity index is 501. The average Bonchev–Trinajstić information content (AvgIpc) is 2.64. The maximum atomic E-state index is 11.6. The van der Waals surface area contributed by atoms with Gasteiger partial charge in [0.2, 0.25) is 0 Å². The molecule has 1 aliphatic rings. The number of hydrogen-bond acceptors (Lipinski definition) is 5. The van der Waals surface area contributed by atoms with Crippen molar-refractivity contribution in [2.45, 2.75) is 38.8 Å². The number of alkyl carbamates (subject to hydrolysis) is 1. The van der Waals surface area contributed by atoms with E-state index < -0.39 is 41.6 Å². The van der Waals surface area contributed by atoms with Crippen LogP contribution in [0, 0.1) is 0 Å². The molecule has 0 saturated carbocycles. The van der Waals surface area contributed by atoms with Crippen molar-refractivity contribution < 1.29 is 29.0 Å². The molecule has 1 atom stereocenters. The van der Waals surface area contributed by atoms with Crippen molar-refractivity contribution in [1.82, 2.24) is 10.2 Å². The molecule has 8 nitrogen and oxygen atoms in total. The highest BCUT2D eigenvalue weighted by Gasteiger charge is 2.47. The highest BCUT2D eigenvalue weighted by molar-refractivity contribution is 6.15. The monoisotopic (exact) mass is 298 g/mol. The van der Waals surface area contributed by atoms with E-state index in [0.29, 0.717) is 4.90 Å². The molecular weight excluding hydrogens is 280 g/mol. The second-order valence-electron chi connectivity index (χ2n) is 5.78. The van der Waals surface area contributed by atoms with Crippen LogP contribution in [-0.4, -0.2) is 51.6 Å². The predicted molar refractivity (Wildman–Crippen MR) is 71.3 cm³/mol. The van der Waals surface area contributed by atoms with Crippen molar-refractivity contribution in [3.05, 3.63) is 12.2 Å². The van der Waals surface area contributed by atoms with Gasteiger partial charge >= 0.3 is 12.1 Å². The molecule has 2 N–H and O–H groups in total. The zero-order valence-corrected chi connectivity index (χ0v) is 12.3. The number of aliphatic carboxylic acids is 1. The Morgan fingerprint density at radius 3 is 2.05 bits per heavy atom. The Kier molecular flexibility index (Phi) is 4.40. The topological polar surface area (TPSA) is 113 Å². The van der Waals surface area contributed by atoms with Gasteiger partial charge < -0.3 is 15.2 Å². The summed E-state index contributed by atoms with van der Waals surface area (Å²) in [7, 11) is 0. The van der Waals surface area contributed by atoms with E-state index in [1.165, 1.54) is 6.92 Å². The first-order valence-corrected chi connectivity index (χ1v) is 6.24. The Labute approximate surface area is 121 Å². The minimum Gasteiger partial charge on any atom is -0.479 e. The van der Waals surface area contributed by atoms with E-state index >= 15 is 0 Å². The average molecular weight is 298 g/mol. The third-order valence-corrected chi connectivity index (χ3v) is 2.74. The minimum atomic E-state index is -1.89. The van der Waals surface area contributed by atoms with Crippen LogP contribution in [0.3, 0.4) is 0 Å². The van der Waals surface area contributed by atoms with Gasteiger partial charge in [-0.3, -0.25) is 14.5 Å². The highest BCUT2D eigenvalue weighted by atomic mass is 16.6. The van der Waals surface area contributed by atoms with Crippen molar-refractivity contribution >= 4 is 23.9 Å². The van der Waals surface area contributed by atoms with Crippen LogP contribution >= 0.6 is 0 Å². The second kappa shape index (κ2) is 5.55. The SMILES string of the molecule is CC(C)(C)OC(=O)NCC(C)(C(=O)O)N1C(=O)C=CC1=O. The van der Waals surface area contributed by atoms with Gasteiger partial charge in [0.15, 0.2) is 5.54 Å². The number of hydrogen-bond donors (Lipinski definition) is 2. The summed E-state index contributed by atoms with van der Waals surface area (Å²) in [4.78, 5) is 46.8. The normalized spacial score (nSPS) is 17.6. The fraction of sp³-hybridized carbons (Fsp3) is 0.538. The Morgan fingerprint density at radius 2 is 1.67 bits per heavy atom. The molecule has 0 aromatic rings. The fourth-order valence-electron chi connectivity index (χ4n) is 1.70. The molecule has 0 aromatic carbocycles. The van der Waals surface area contributed by atoms with Crippen LogP contribution in [0.25, 0.3) is 0 Å². The zero-order valence-electron chi connectivity index (χ0n) is 12.3. The van der Waals surface area contributed by atoms with E-state index in [9.17, 15) is 24.3 Å². The smallest absolute Gasteiger partial charge is 0.407 e. The summed E-state index contributed by atoms with van der Waals surface area (Å²) < 4.78 is 4.98. The number of carboxylic acids is 1. The number of amides is 3. The molecule has 1 heterocycles. The Hall–Kier alpha value is -2.38. The lowest BCUT2D eigenvalue weighted by Crippen LogP contribution is -2.61. The molecule has 0 aliphatic carbocycles. The largest absolute Gasteiger partial charge is 0.479 e. The first-order valence-electron chi connectivity index (χ1n) is 6.24. The van der Waals surface area contributed by atoms with E-state index in [1.807, 2.05) is 0 Å². The lowest BCUT2D eigenvalue weighted by molar-refractivity contribution is -0.160. The molecule has 21 heavy (non-hydrogen) atoms. The summed E-state index contributed by atoms with van der Waals surface area (Å²) in [5.41, 5.74) is -2.64. The van der Waals surface area contributed by atoms with Crippen molar-refractivity contribution in [3.63, 3.8) is 0 Å². The number of ether oxygens (including phenoxy) is 1. The second-order valence-corrected chi connectivity index (χ2v) is 5.78. The molecule has 0 aromatic heterocycles. The van der Waals surface area contributed by atoms with Crippen molar-refractivity contribution in [3.8, 4) is 0 Å². The molecule has 1 rings (SSSR count). The van der Waals surface area contributed by atoms with Gasteiger partial charge in [0.05, 0.1) is 6.54 Å². The number of imide groups is 1. The Balaban J connectivity index is 2.84. The summed E-state index contributed by atoms with van der Waals surface area (Å²) in [6, 6.07) is 0. The maximum Gasteiger partial charge on any atom is 0.407 e. The number of nitrogens with one attached hydrogen (secondary N) is 1. The zero-order chi connectivity index (χ0) is 16.4. The number of carboxylic acid groups (broad SMARTS) is 1. The van der Waals surface area contributed by atoms with Gasteiger partial charge in [0.25, 0.3) is 11.8 Å². The van der Waals surface area contributed by atoms with Gasteiger partial charge in [0, 0.05) is 12.2 Å². The van der Waals surface area contributed by atoms with Gasteiger partial charge in [-0.15, -0.1) is 0 Å². The molecular formula is C13H18N2O6. The summed E-state index contributed by atoms with van der Waals surface area (Å²) in [6.07, 6.45) is 1.13. The first kappa shape index (κ1) is 16.7. The third-order valence-electron chi connectivity index (χ3n) is 2.74. The number of carbonyl (C=O) groups is 4. The van der Waals surface area contributed by atoms with Gasteiger partial charge in [-0.05, 0) is 27.7 Å². The van der Waals surface area contributed by atoms with Crippen LogP contribution in [-0.2, 0) is 19.1 Å². The summed E-state index contributed by atoms with van der Waals surface area (Å²) in [6.45, 7) is 5.67. The van der Waals surface area contributed by atoms with Crippen LogP contribution < -0.4 is 5.32 Å². The van der Waals surface area contributed by atoms with Gasteiger partial charge in [-0.25, -0.2) is 9.59 Å². The van der Waals surface area contributed by atoms with Crippen LogP contribution in [0.5, 0.6) is 0 Å². The van der Waals surface area contributed by atoms with Crippen molar-refractivity contribution in [2.24, 2.45) is 0 Å². The van der Waals surface area contributed by atoms with Crippen molar-refractivity contribution in [2.75, 3.05) is 6.54 Å². The first-order chi connectivity index (χ1) is 9.47. The molecule has 8 heteroatoms. The quantitative estimate of drug-likeness (QED) is 0.721. The van der Waals surface area contributed by atoms with Gasteiger partial charge in [0.1, 0.15) is 5.60 Å². The Morgan fingerprint density at radius 1 is 1.19 bits per heavy atom. The molecule has 0 spiro atoms. The number of nitrogens with zero attached hydrogens (tertiary/aromatic N) is 1. The molecule has 0 saturated heterocycles. The number of carbonyl (C=O) groups excluding carboxylic acids is 3. The highest BCUT2D eigenvalue weighted by Crippen LogP contribution is 2.20. The molecule has 1 aliphatic heterocycles. The molecule has 3 amide bonds. The lowest BCUT2D eigenvalue weighted by Gasteiger charge is -2.33. The molecule has 1 unspecified atom stereocenters. The van der Waals surface area contributed by atoms with Crippen LogP contribution in [0.4, 0.5) is 4.79 Å². The van der Waals surface area contributed by atoms with Gasteiger partial charge in [-0.1, -0.05) is 0 Å². The van der Waals surface area contributed by atoms with Crippen LogP contribution in [0.2, 0.25) is 0 Å².